The molecule has 0 radical (unpaired) electrons. The number of halogens is 1. The average molecular weight is 330 g/mol. The summed E-state index contributed by atoms with van der Waals surface area (Å²) in [6, 6.07) is 9.14. The molecule has 0 fully saturated rings. The molecule has 0 aliphatic heterocycles. The third kappa shape index (κ3) is 4.62. The lowest BCUT2D eigenvalue weighted by molar-refractivity contribution is -0.145. The molecule has 0 saturated carbocycles. The van der Waals surface area contributed by atoms with Crippen molar-refractivity contribution < 1.29 is 18.7 Å². The molecule has 1 amide bonds. The summed E-state index contributed by atoms with van der Waals surface area (Å²) in [6.45, 7) is 2.16. The van der Waals surface area contributed by atoms with E-state index in [4.69, 9.17) is 4.74 Å². The van der Waals surface area contributed by atoms with E-state index in [9.17, 15) is 14.0 Å². The van der Waals surface area contributed by atoms with Crippen LogP contribution < -0.4 is 0 Å². The summed E-state index contributed by atoms with van der Waals surface area (Å²) in [4.78, 5) is 29.9. The normalized spacial score (nSPS) is 11.6. The number of ether oxygens (including phenoxy) is 1. The topological polar surface area (TPSA) is 59.5 Å². The van der Waals surface area contributed by atoms with E-state index >= 15 is 0 Å². The zero-order chi connectivity index (χ0) is 17.5. The van der Waals surface area contributed by atoms with Gasteiger partial charge in [0.1, 0.15) is 5.82 Å². The van der Waals surface area contributed by atoms with Crippen LogP contribution in [0.25, 0.3) is 0 Å². The third-order valence-electron chi connectivity index (χ3n) is 3.60. The maximum absolute atomic E-state index is 13.1. The van der Waals surface area contributed by atoms with Crippen LogP contribution in [0.3, 0.4) is 0 Å². The van der Waals surface area contributed by atoms with Crippen LogP contribution in [0.4, 0.5) is 4.39 Å². The van der Waals surface area contributed by atoms with Gasteiger partial charge in [0.25, 0.3) is 5.91 Å². The minimum atomic E-state index is -0.471. The zero-order valence-electron chi connectivity index (χ0n) is 13.6. The van der Waals surface area contributed by atoms with Crippen LogP contribution in [0.15, 0.2) is 48.8 Å². The number of pyridine rings is 1. The van der Waals surface area contributed by atoms with E-state index in [0.717, 1.165) is 5.56 Å². The molecule has 0 aliphatic rings. The van der Waals surface area contributed by atoms with Crippen molar-refractivity contribution in [3.8, 4) is 0 Å². The fourth-order valence-electron chi connectivity index (χ4n) is 2.31. The SMILES string of the molecule is COC(=O)C(C)CN(Cc1ccc(F)cc1)C(=O)c1ccncc1. The van der Waals surface area contributed by atoms with Crippen LogP contribution in [-0.4, -0.2) is 35.4 Å². The largest absolute Gasteiger partial charge is 0.469 e. The predicted octanol–water partition coefficient (Wildman–Crippen LogP) is 2.67. The maximum atomic E-state index is 13.1. The Labute approximate surface area is 140 Å². The van der Waals surface area contributed by atoms with E-state index in [1.54, 1.807) is 36.1 Å². The monoisotopic (exact) mass is 330 g/mol. The molecule has 0 aliphatic carbocycles. The number of benzene rings is 1. The second-order valence-corrected chi connectivity index (χ2v) is 5.47. The van der Waals surface area contributed by atoms with Crippen LogP contribution in [0.1, 0.15) is 22.8 Å². The van der Waals surface area contributed by atoms with Crippen molar-refractivity contribution in [3.05, 3.63) is 65.7 Å². The van der Waals surface area contributed by atoms with Gasteiger partial charge in [-0.2, -0.15) is 0 Å². The van der Waals surface area contributed by atoms with Gasteiger partial charge in [-0.3, -0.25) is 14.6 Å². The smallest absolute Gasteiger partial charge is 0.310 e. The van der Waals surface area contributed by atoms with E-state index in [1.165, 1.54) is 31.6 Å². The lowest BCUT2D eigenvalue weighted by atomic mass is 10.1. The molecule has 0 N–H and O–H groups in total. The van der Waals surface area contributed by atoms with Crippen molar-refractivity contribution in [2.45, 2.75) is 13.5 Å². The fraction of sp³-hybridized carbons (Fsp3) is 0.278. The second kappa shape index (κ2) is 8.19. The number of esters is 1. The van der Waals surface area contributed by atoms with Crippen molar-refractivity contribution in [1.29, 1.82) is 0 Å². The van der Waals surface area contributed by atoms with Crippen LogP contribution in [-0.2, 0) is 16.1 Å². The van der Waals surface area contributed by atoms with Crippen molar-refractivity contribution in [2.24, 2.45) is 5.92 Å². The van der Waals surface area contributed by atoms with E-state index < -0.39 is 5.92 Å². The van der Waals surface area contributed by atoms with Gasteiger partial charge in [-0.05, 0) is 29.8 Å². The predicted molar refractivity (Wildman–Crippen MR) is 86.6 cm³/mol. The van der Waals surface area contributed by atoms with Gasteiger partial charge in [0.2, 0.25) is 0 Å². The maximum Gasteiger partial charge on any atom is 0.310 e. The zero-order valence-corrected chi connectivity index (χ0v) is 13.6. The molecule has 1 unspecified atom stereocenters. The van der Waals surface area contributed by atoms with Gasteiger partial charge in [0.15, 0.2) is 0 Å². The number of aromatic nitrogens is 1. The van der Waals surface area contributed by atoms with Gasteiger partial charge in [0.05, 0.1) is 13.0 Å². The number of methoxy groups -OCH3 is 1. The molecule has 5 nitrogen and oxygen atoms in total. The van der Waals surface area contributed by atoms with E-state index in [1.807, 2.05) is 0 Å². The summed E-state index contributed by atoms with van der Waals surface area (Å²) >= 11 is 0. The number of nitrogens with zero attached hydrogens (tertiary/aromatic N) is 2. The molecule has 1 heterocycles. The van der Waals surface area contributed by atoms with Crippen LogP contribution in [0.5, 0.6) is 0 Å². The Kier molecular flexibility index (Phi) is 6.01. The van der Waals surface area contributed by atoms with E-state index in [0.29, 0.717) is 5.56 Å². The summed E-state index contributed by atoms with van der Waals surface area (Å²) in [5, 5.41) is 0. The number of carbonyl (C=O) groups excluding carboxylic acids is 2. The highest BCUT2D eigenvalue weighted by atomic mass is 19.1. The third-order valence-corrected chi connectivity index (χ3v) is 3.60. The van der Waals surface area contributed by atoms with Crippen molar-refractivity contribution >= 4 is 11.9 Å². The van der Waals surface area contributed by atoms with Crippen molar-refractivity contribution in [3.63, 3.8) is 0 Å². The first-order valence-electron chi connectivity index (χ1n) is 7.53. The van der Waals surface area contributed by atoms with Gasteiger partial charge in [-0.15, -0.1) is 0 Å². The number of carbonyl (C=O) groups is 2. The van der Waals surface area contributed by atoms with Gasteiger partial charge >= 0.3 is 5.97 Å². The molecule has 1 aromatic heterocycles. The molecule has 24 heavy (non-hydrogen) atoms. The molecular formula is C18H19FN2O3. The van der Waals surface area contributed by atoms with E-state index in [2.05, 4.69) is 4.98 Å². The van der Waals surface area contributed by atoms with Crippen LogP contribution in [0, 0.1) is 11.7 Å². The van der Waals surface area contributed by atoms with Crippen molar-refractivity contribution in [2.75, 3.05) is 13.7 Å². The summed E-state index contributed by atoms with van der Waals surface area (Å²) in [6.07, 6.45) is 3.07. The van der Waals surface area contributed by atoms with Gasteiger partial charge in [0, 0.05) is 31.0 Å². The molecule has 2 rings (SSSR count). The quantitative estimate of drug-likeness (QED) is 0.764. The lowest BCUT2D eigenvalue weighted by Crippen LogP contribution is -2.36. The summed E-state index contributed by atoms with van der Waals surface area (Å²) < 4.78 is 17.8. The van der Waals surface area contributed by atoms with Crippen LogP contribution in [0.2, 0.25) is 0 Å². The second-order valence-electron chi connectivity index (χ2n) is 5.47. The molecular weight excluding hydrogens is 311 g/mol. The Morgan fingerprint density at radius 2 is 1.79 bits per heavy atom. The minimum Gasteiger partial charge on any atom is -0.469 e. The number of rotatable bonds is 6. The van der Waals surface area contributed by atoms with Crippen molar-refractivity contribution in [1.82, 2.24) is 9.88 Å². The van der Waals surface area contributed by atoms with E-state index in [-0.39, 0.29) is 30.8 Å². The van der Waals surface area contributed by atoms with Gasteiger partial charge in [-0.1, -0.05) is 19.1 Å². The Bertz CT molecular complexity index is 689. The van der Waals surface area contributed by atoms with Gasteiger partial charge in [-0.25, -0.2) is 4.39 Å². The highest BCUT2D eigenvalue weighted by Gasteiger charge is 2.22. The number of hydrogen-bond acceptors (Lipinski definition) is 4. The average Bonchev–Trinajstić information content (AvgIpc) is 2.62. The molecule has 2 aromatic rings. The molecule has 0 spiro atoms. The molecule has 1 atom stereocenters. The Balaban J connectivity index is 2.21. The molecule has 0 bridgehead atoms. The minimum absolute atomic E-state index is 0.200. The standard InChI is InChI=1S/C18H19FN2O3/c1-13(18(23)24-2)11-21(12-14-3-5-16(19)6-4-14)17(22)15-7-9-20-10-8-15/h3-10,13H,11-12H2,1-2H3. The van der Waals surface area contributed by atoms with Crippen LogP contribution >= 0.6 is 0 Å². The first-order valence-corrected chi connectivity index (χ1v) is 7.53. The lowest BCUT2D eigenvalue weighted by Gasteiger charge is -2.25. The Morgan fingerprint density at radius 3 is 2.38 bits per heavy atom. The Morgan fingerprint density at radius 1 is 1.17 bits per heavy atom. The highest BCUT2D eigenvalue weighted by Crippen LogP contribution is 2.13. The number of amides is 1. The molecule has 0 saturated heterocycles. The molecule has 1 aromatic carbocycles. The summed E-state index contributed by atoms with van der Waals surface area (Å²) in [7, 11) is 1.31. The summed E-state index contributed by atoms with van der Waals surface area (Å²) in [5.41, 5.74) is 1.25. The first kappa shape index (κ1) is 17.6. The molecule has 6 heteroatoms. The fourth-order valence-corrected chi connectivity index (χ4v) is 2.31. The molecule has 126 valence electrons. The Hall–Kier alpha value is -2.76. The first-order chi connectivity index (χ1) is 11.5. The van der Waals surface area contributed by atoms with Gasteiger partial charge < -0.3 is 9.64 Å². The summed E-state index contributed by atoms with van der Waals surface area (Å²) in [5.74, 6) is -1.42. The highest BCUT2D eigenvalue weighted by molar-refractivity contribution is 5.94. The number of hydrogen-bond donors (Lipinski definition) is 0.